The van der Waals surface area contributed by atoms with Gasteiger partial charge in [0.2, 0.25) is 0 Å². The highest BCUT2D eigenvalue weighted by molar-refractivity contribution is 6.14. The minimum atomic E-state index is -4.57. The number of nitrogens with zero attached hydrogens (tertiary/aromatic N) is 3. The third-order valence-corrected chi connectivity index (χ3v) is 5.76. The highest BCUT2D eigenvalue weighted by atomic mass is 19.4. The van der Waals surface area contributed by atoms with Crippen LogP contribution in [0.5, 0.6) is 0 Å². The van der Waals surface area contributed by atoms with E-state index >= 15 is 0 Å². The number of hydrogen-bond donors (Lipinski definition) is 2. The van der Waals surface area contributed by atoms with Crippen LogP contribution < -0.4 is 11.3 Å². The van der Waals surface area contributed by atoms with E-state index < -0.39 is 17.9 Å². The summed E-state index contributed by atoms with van der Waals surface area (Å²) in [6, 6.07) is 13.6. The summed E-state index contributed by atoms with van der Waals surface area (Å²) in [5.41, 5.74) is 8.97. The van der Waals surface area contributed by atoms with Crippen LogP contribution in [0.3, 0.4) is 0 Å². The zero-order valence-corrected chi connectivity index (χ0v) is 19.0. The van der Waals surface area contributed by atoms with Crippen LogP contribution in [0.1, 0.15) is 41.0 Å². The highest BCUT2D eigenvalue weighted by Crippen LogP contribution is 2.30. The number of aryl methyl sites for hydroxylation is 1. The van der Waals surface area contributed by atoms with Crippen molar-refractivity contribution in [3.05, 3.63) is 112 Å². The van der Waals surface area contributed by atoms with Gasteiger partial charge in [-0.15, -0.1) is 0 Å². The molecule has 1 unspecified atom stereocenters. The Kier molecular flexibility index (Phi) is 6.26. The number of halogens is 3. The summed E-state index contributed by atoms with van der Waals surface area (Å²) < 4.78 is 40.5. The minimum Gasteiger partial charge on any atom is -0.398 e. The van der Waals surface area contributed by atoms with Crippen molar-refractivity contribution in [3.63, 3.8) is 0 Å². The number of rotatable bonds is 5. The van der Waals surface area contributed by atoms with Crippen LogP contribution in [0.15, 0.2) is 78.0 Å². The molecule has 9 heteroatoms. The molecule has 3 N–H and O–H groups in total. The molecule has 35 heavy (non-hydrogen) atoms. The van der Waals surface area contributed by atoms with Gasteiger partial charge in [-0.3, -0.25) is 20.2 Å². The topological polar surface area (TPSA) is 97.7 Å². The van der Waals surface area contributed by atoms with E-state index in [0.717, 1.165) is 18.0 Å². The van der Waals surface area contributed by atoms with E-state index in [2.05, 4.69) is 9.97 Å². The van der Waals surface area contributed by atoms with Gasteiger partial charge in [0.15, 0.2) is 0 Å². The monoisotopic (exact) mass is 477 g/mol. The first kappa shape index (κ1) is 23.9. The Morgan fingerprint density at radius 2 is 1.71 bits per heavy atom. The van der Waals surface area contributed by atoms with E-state index in [-0.39, 0.29) is 11.3 Å². The summed E-state index contributed by atoms with van der Waals surface area (Å²) in [4.78, 5) is 20.4. The molecule has 0 aliphatic rings. The van der Waals surface area contributed by atoms with E-state index in [4.69, 9.17) is 11.1 Å². The fourth-order valence-electron chi connectivity index (χ4n) is 3.82. The highest BCUT2D eigenvalue weighted by Gasteiger charge is 2.32. The van der Waals surface area contributed by atoms with E-state index in [0.29, 0.717) is 33.5 Å². The lowest BCUT2D eigenvalue weighted by Crippen LogP contribution is -2.23. The quantitative estimate of drug-likeness (QED) is 0.303. The lowest BCUT2D eigenvalue weighted by atomic mass is 9.96. The molecule has 0 spiro atoms. The standard InChI is InChI=1S/C26H22F3N5O/c1-15-11-20(6-8-32-15)25(31)21-12-18(3-4-22(21)30)19-7-10-34(24(35)14-19)16(2)17-5-9-33-23(13-17)26(27,28)29/h3-14,16,31H,30H2,1-2H3. The van der Waals surface area contributed by atoms with Gasteiger partial charge in [-0.1, -0.05) is 6.07 Å². The van der Waals surface area contributed by atoms with Crippen molar-refractivity contribution in [1.29, 1.82) is 5.41 Å². The van der Waals surface area contributed by atoms with Gasteiger partial charge < -0.3 is 10.3 Å². The molecule has 1 atom stereocenters. The fraction of sp³-hybridized carbons (Fsp3) is 0.154. The fourth-order valence-corrected chi connectivity index (χ4v) is 3.82. The van der Waals surface area contributed by atoms with E-state index in [9.17, 15) is 18.0 Å². The second-order valence-electron chi connectivity index (χ2n) is 8.17. The molecule has 0 fully saturated rings. The van der Waals surface area contributed by atoms with Crippen molar-refractivity contribution in [1.82, 2.24) is 14.5 Å². The third kappa shape index (κ3) is 4.98. The molecule has 3 aromatic heterocycles. The number of hydrogen-bond acceptors (Lipinski definition) is 5. The number of aromatic nitrogens is 3. The SMILES string of the molecule is Cc1cc(C(=N)c2cc(-c3ccn(C(C)c4ccnc(C(F)(F)F)c4)c(=O)c3)ccc2N)ccn1. The molecule has 0 amide bonds. The number of nitrogens with one attached hydrogen (secondary N) is 1. The maximum absolute atomic E-state index is 13.0. The van der Waals surface area contributed by atoms with Gasteiger partial charge in [0.1, 0.15) is 5.69 Å². The molecule has 0 bridgehead atoms. The van der Waals surface area contributed by atoms with Gasteiger partial charge >= 0.3 is 6.18 Å². The molecular formula is C26H22F3N5O. The normalized spacial score (nSPS) is 12.4. The van der Waals surface area contributed by atoms with Crippen LogP contribution in [-0.2, 0) is 6.18 Å². The molecule has 4 rings (SSSR count). The lowest BCUT2D eigenvalue weighted by Gasteiger charge is -2.17. The van der Waals surface area contributed by atoms with E-state index in [1.54, 1.807) is 55.7 Å². The number of nitrogens with two attached hydrogens (primary N) is 1. The van der Waals surface area contributed by atoms with Crippen LogP contribution in [0.4, 0.5) is 18.9 Å². The Bertz CT molecular complexity index is 1480. The molecule has 0 saturated carbocycles. The predicted octanol–water partition coefficient (Wildman–Crippen LogP) is 5.24. The first-order chi connectivity index (χ1) is 16.5. The molecule has 4 aromatic rings. The average molecular weight is 477 g/mol. The molecule has 3 heterocycles. The number of nitrogen functional groups attached to an aromatic ring is 1. The Morgan fingerprint density at radius 1 is 1.00 bits per heavy atom. The molecule has 1 aromatic carbocycles. The Balaban J connectivity index is 1.67. The second kappa shape index (κ2) is 9.17. The van der Waals surface area contributed by atoms with Crippen molar-refractivity contribution in [2.75, 3.05) is 5.73 Å². The van der Waals surface area contributed by atoms with Crippen LogP contribution in [0, 0.1) is 12.3 Å². The first-order valence-electron chi connectivity index (χ1n) is 10.7. The van der Waals surface area contributed by atoms with Crippen molar-refractivity contribution in [3.8, 4) is 11.1 Å². The maximum atomic E-state index is 13.0. The number of pyridine rings is 3. The number of anilines is 1. The summed E-state index contributed by atoms with van der Waals surface area (Å²) in [6.45, 7) is 3.48. The van der Waals surface area contributed by atoms with Crippen molar-refractivity contribution in [2.24, 2.45) is 0 Å². The molecule has 178 valence electrons. The Hall–Kier alpha value is -4.27. The van der Waals surface area contributed by atoms with Crippen LogP contribution in [-0.4, -0.2) is 20.2 Å². The largest absolute Gasteiger partial charge is 0.433 e. The summed E-state index contributed by atoms with van der Waals surface area (Å²) in [6.07, 6.45) is -0.312. The Morgan fingerprint density at radius 3 is 2.40 bits per heavy atom. The third-order valence-electron chi connectivity index (χ3n) is 5.76. The van der Waals surface area contributed by atoms with Gasteiger partial charge in [-0.05, 0) is 73.0 Å². The zero-order chi connectivity index (χ0) is 25.3. The average Bonchev–Trinajstić information content (AvgIpc) is 2.83. The molecular weight excluding hydrogens is 455 g/mol. The van der Waals surface area contributed by atoms with Crippen LogP contribution in [0.25, 0.3) is 11.1 Å². The molecule has 0 saturated heterocycles. The number of benzene rings is 1. The summed E-state index contributed by atoms with van der Waals surface area (Å²) in [5.74, 6) is 0. The van der Waals surface area contributed by atoms with Crippen LogP contribution >= 0.6 is 0 Å². The van der Waals surface area contributed by atoms with Gasteiger partial charge in [-0.2, -0.15) is 13.2 Å². The van der Waals surface area contributed by atoms with Crippen molar-refractivity contribution in [2.45, 2.75) is 26.1 Å². The Labute approximate surface area is 199 Å². The predicted molar refractivity (Wildman–Crippen MR) is 129 cm³/mol. The first-order valence-corrected chi connectivity index (χ1v) is 10.7. The molecule has 0 radical (unpaired) electrons. The minimum absolute atomic E-state index is 0.231. The summed E-state index contributed by atoms with van der Waals surface area (Å²) >= 11 is 0. The van der Waals surface area contributed by atoms with E-state index in [1.165, 1.54) is 16.7 Å². The van der Waals surface area contributed by atoms with Crippen molar-refractivity contribution < 1.29 is 13.2 Å². The maximum Gasteiger partial charge on any atom is 0.433 e. The molecule has 6 nitrogen and oxygen atoms in total. The number of alkyl halides is 3. The van der Waals surface area contributed by atoms with Crippen molar-refractivity contribution >= 4 is 11.4 Å². The van der Waals surface area contributed by atoms with Gasteiger partial charge in [0.05, 0.1) is 11.8 Å². The van der Waals surface area contributed by atoms with Crippen LogP contribution in [0.2, 0.25) is 0 Å². The summed E-state index contributed by atoms with van der Waals surface area (Å²) in [5, 5.41) is 8.60. The zero-order valence-electron chi connectivity index (χ0n) is 19.0. The second-order valence-corrected chi connectivity index (χ2v) is 8.17. The van der Waals surface area contributed by atoms with Gasteiger partial charge in [0, 0.05) is 47.2 Å². The molecule has 0 aliphatic heterocycles. The lowest BCUT2D eigenvalue weighted by molar-refractivity contribution is -0.141. The van der Waals surface area contributed by atoms with Gasteiger partial charge in [0.25, 0.3) is 5.56 Å². The smallest absolute Gasteiger partial charge is 0.398 e. The van der Waals surface area contributed by atoms with E-state index in [1.807, 2.05) is 6.92 Å². The molecule has 0 aliphatic carbocycles. The van der Waals surface area contributed by atoms with Gasteiger partial charge in [-0.25, -0.2) is 0 Å². The summed E-state index contributed by atoms with van der Waals surface area (Å²) in [7, 11) is 0.